The van der Waals surface area contributed by atoms with E-state index >= 15 is 0 Å². The fourth-order valence-electron chi connectivity index (χ4n) is 5.77. The summed E-state index contributed by atoms with van der Waals surface area (Å²) in [4.78, 5) is 2.68. The molecule has 0 amide bonds. The summed E-state index contributed by atoms with van der Waals surface area (Å²) in [6.45, 7) is 14.4. The Balaban J connectivity index is 1.85. The molecular formula is C21H36N2O. The SMILES string of the molecule is COC1=CC(C2CC(C)(C)CC(C)(C)C2)C(N2CCNCC2)C=C1. The van der Waals surface area contributed by atoms with Crippen LogP contribution in [0.15, 0.2) is 24.0 Å². The third kappa shape index (κ3) is 4.05. The second-order valence-corrected chi connectivity index (χ2v) is 9.66. The lowest BCUT2D eigenvalue weighted by atomic mass is 9.58. The van der Waals surface area contributed by atoms with Gasteiger partial charge in [0.15, 0.2) is 0 Å². The summed E-state index contributed by atoms with van der Waals surface area (Å²) in [6.07, 6.45) is 11.0. The summed E-state index contributed by atoms with van der Waals surface area (Å²) >= 11 is 0. The standard InChI is InChI=1S/C21H36N2O/c1-20(2)13-16(14-21(3,4)15-20)18-12-17(24-5)6-7-19(18)23-10-8-22-9-11-23/h6-7,12,16,18-19,22H,8-11,13-15H2,1-5H3. The van der Waals surface area contributed by atoms with Gasteiger partial charge in [0.25, 0.3) is 0 Å². The minimum absolute atomic E-state index is 0.433. The van der Waals surface area contributed by atoms with Crippen molar-refractivity contribution in [1.29, 1.82) is 0 Å². The van der Waals surface area contributed by atoms with Gasteiger partial charge in [-0.05, 0) is 48.2 Å². The first-order valence-corrected chi connectivity index (χ1v) is 9.68. The average molecular weight is 333 g/mol. The van der Waals surface area contributed by atoms with Crippen LogP contribution in [0.1, 0.15) is 47.0 Å². The van der Waals surface area contributed by atoms with Gasteiger partial charge in [0, 0.05) is 38.1 Å². The lowest BCUT2D eigenvalue weighted by molar-refractivity contribution is 0.0267. The summed E-state index contributed by atoms with van der Waals surface area (Å²) in [6, 6.07) is 0.528. The molecule has 2 aliphatic carbocycles. The van der Waals surface area contributed by atoms with Gasteiger partial charge in [-0.2, -0.15) is 0 Å². The van der Waals surface area contributed by atoms with E-state index in [2.05, 4.69) is 56.1 Å². The fourth-order valence-corrected chi connectivity index (χ4v) is 5.77. The van der Waals surface area contributed by atoms with E-state index in [1.54, 1.807) is 7.11 Å². The molecule has 0 spiro atoms. The molecule has 3 rings (SSSR count). The van der Waals surface area contributed by atoms with E-state index in [-0.39, 0.29) is 0 Å². The lowest BCUT2D eigenvalue weighted by Gasteiger charge is -2.50. The molecule has 0 aromatic rings. The Bertz CT molecular complexity index is 484. The van der Waals surface area contributed by atoms with Gasteiger partial charge in [-0.1, -0.05) is 33.8 Å². The molecule has 1 saturated carbocycles. The van der Waals surface area contributed by atoms with Gasteiger partial charge in [-0.25, -0.2) is 0 Å². The molecule has 0 aromatic heterocycles. The third-order valence-corrected chi connectivity index (χ3v) is 6.15. The Morgan fingerprint density at radius 3 is 2.29 bits per heavy atom. The maximum Gasteiger partial charge on any atom is 0.114 e. The van der Waals surface area contributed by atoms with Gasteiger partial charge in [0.1, 0.15) is 5.76 Å². The molecule has 2 unspecified atom stereocenters. The van der Waals surface area contributed by atoms with Crippen molar-refractivity contribution >= 4 is 0 Å². The van der Waals surface area contributed by atoms with Crippen LogP contribution in [-0.2, 0) is 4.74 Å². The predicted molar refractivity (Wildman–Crippen MR) is 101 cm³/mol. The van der Waals surface area contributed by atoms with Gasteiger partial charge in [-0.3, -0.25) is 4.90 Å². The highest BCUT2D eigenvalue weighted by Gasteiger charge is 2.43. The van der Waals surface area contributed by atoms with E-state index in [4.69, 9.17) is 4.74 Å². The van der Waals surface area contributed by atoms with Crippen LogP contribution in [0.2, 0.25) is 0 Å². The second-order valence-electron chi connectivity index (χ2n) is 9.66. The average Bonchev–Trinajstić information content (AvgIpc) is 2.52. The predicted octanol–water partition coefficient (Wildman–Crippen LogP) is 3.83. The number of piperazine rings is 1. The Labute approximate surface area is 148 Å². The number of nitrogens with one attached hydrogen (secondary N) is 1. The van der Waals surface area contributed by atoms with Crippen LogP contribution < -0.4 is 5.32 Å². The first-order valence-electron chi connectivity index (χ1n) is 9.68. The van der Waals surface area contributed by atoms with E-state index in [1.807, 2.05) is 0 Å². The van der Waals surface area contributed by atoms with Crippen molar-refractivity contribution in [3.8, 4) is 0 Å². The van der Waals surface area contributed by atoms with Crippen molar-refractivity contribution in [2.24, 2.45) is 22.7 Å². The molecule has 0 radical (unpaired) electrons. The number of hydrogen-bond donors (Lipinski definition) is 1. The maximum absolute atomic E-state index is 5.60. The summed E-state index contributed by atoms with van der Waals surface area (Å²) < 4.78 is 5.60. The molecule has 2 atom stereocenters. The first kappa shape index (κ1) is 18.0. The number of hydrogen-bond acceptors (Lipinski definition) is 3. The highest BCUT2D eigenvalue weighted by molar-refractivity contribution is 5.24. The number of nitrogens with zero attached hydrogens (tertiary/aromatic N) is 1. The molecule has 2 fully saturated rings. The van der Waals surface area contributed by atoms with Crippen molar-refractivity contribution in [3.05, 3.63) is 24.0 Å². The molecule has 1 aliphatic heterocycles. The van der Waals surface area contributed by atoms with Crippen LogP contribution in [0.4, 0.5) is 0 Å². The third-order valence-electron chi connectivity index (χ3n) is 6.15. The quantitative estimate of drug-likeness (QED) is 0.850. The topological polar surface area (TPSA) is 24.5 Å². The Kier molecular flexibility index (Phi) is 5.13. The van der Waals surface area contributed by atoms with Crippen LogP contribution in [0, 0.1) is 22.7 Å². The fraction of sp³-hybridized carbons (Fsp3) is 0.810. The zero-order valence-corrected chi connectivity index (χ0v) is 16.3. The highest BCUT2D eigenvalue weighted by Crippen LogP contribution is 2.52. The smallest absolute Gasteiger partial charge is 0.114 e. The molecular weight excluding hydrogens is 296 g/mol. The van der Waals surface area contributed by atoms with Crippen LogP contribution in [0.25, 0.3) is 0 Å². The molecule has 3 heteroatoms. The first-order chi connectivity index (χ1) is 11.3. The molecule has 3 aliphatic rings. The van der Waals surface area contributed by atoms with Gasteiger partial charge in [0.2, 0.25) is 0 Å². The Hall–Kier alpha value is -0.800. The van der Waals surface area contributed by atoms with Crippen molar-refractivity contribution in [3.63, 3.8) is 0 Å². The summed E-state index contributed by atoms with van der Waals surface area (Å²) in [5.41, 5.74) is 0.866. The molecule has 1 N–H and O–H groups in total. The zero-order chi connectivity index (χ0) is 17.4. The zero-order valence-electron chi connectivity index (χ0n) is 16.3. The summed E-state index contributed by atoms with van der Waals surface area (Å²) in [5.74, 6) is 2.35. The van der Waals surface area contributed by atoms with E-state index < -0.39 is 0 Å². The molecule has 1 saturated heterocycles. The van der Waals surface area contributed by atoms with Crippen molar-refractivity contribution < 1.29 is 4.74 Å². The van der Waals surface area contributed by atoms with Gasteiger partial charge in [0.05, 0.1) is 7.11 Å². The monoisotopic (exact) mass is 332 g/mol. The Morgan fingerprint density at radius 1 is 1.08 bits per heavy atom. The molecule has 3 nitrogen and oxygen atoms in total. The number of rotatable bonds is 3. The van der Waals surface area contributed by atoms with Crippen LogP contribution in [0.5, 0.6) is 0 Å². The van der Waals surface area contributed by atoms with Crippen molar-refractivity contribution in [2.75, 3.05) is 33.3 Å². The van der Waals surface area contributed by atoms with Crippen LogP contribution in [0.3, 0.4) is 0 Å². The highest BCUT2D eigenvalue weighted by atomic mass is 16.5. The number of allylic oxidation sites excluding steroid dienone is 1. The molecule has 136 valence electrons. The maximum atomic E-state index is 5.60. The lowest BCUT2D eigenvalue weighted by Crippen LogP contribution is -2.52. The van der Waals surface area contributed by atoms with Gasteiger partial charge < -0.3 is 10.1 Å². The van der Waals surface area contributed by atoms with Crippen LogP contribution in [-0.4, -0.2) is 44.2 Å². The summed E-state index contributed by atoms with van der Waals surface area (Å²) in [5, 5.41) is 3.49. The minimum atomic E-state index is 0.433. The van der Waals surface area contributed by atoms with E-state index in [9.17, 15) is 0 Å². The second kappa shape index (κ2) is 6.84. The van der Waals surface area contributed by atoms with Crippen molar-refractivity contribution in [1.82, 2.24) is 10.2 Å². The molecule has 24 heavy (non-hydrogen) atoms. The summed E-state index contributed by atoms with van der Waals surface area (Å²) in [7, 11) is 1.80. The minimum Gasteiger partial charge on any atom is -0.497 e. The van der Waals surface area contributed by atoms with E-state index in [0.717, 1.165) is 37.9 Å². The molecule has 1 heterocycles. The molecule has 0 aromatic carbocycles. The van der Waals surface area contributed by atoms with E-state index in [0.29, 0.717) is 22.8 Å². The number of methoxy groups -OCH3 is 1. The number of ether oxygens (including phenoxy) is 1. The van der Waals surface area contributed by atoms with Gasteiger partial charge in [-0.15, -0.1) is 0 Å². The van der Waals surface area contributed by atoms with Crippen molar-refractivity contribution in [2.45, 2.75) is 53.0 Å². The van der Waals surface area contributed by atoms with E-state index in [1.165, 1.54) is 19.3 Å². The van der Waals surface area contributed by atoms with Crippen LogP contribution >= 0.6 is 0 Å². The normalized spacial score (nSPS) is 34.0. The van der Waals surface area contributed by atoms with Gasteiger partial charge >= 0.3 is 0 Å². The molecule has 0 bridgehead atoms. The largest absolute Gasteiger partial charge is 0.497 e. The Morgan fingerprint density at radius 2 is 1.71 bits per heavy atom.